The van der Waals surface area contributed by atoms with E-state index in [-0.39, 0.29) is 6.54 Å². The molecule has 78 valence electrons. The third-order valence-corrected chi connectivity index (χ3v) is 1.79. The van der Waals surface area contributed by atoms with E-state index in [0.29, 0.717) is 11.6 Å². The first kappa shape index (κ1) is 10.7. The van der Waals surface area contributed by atoms with Gasteiger partial charge in [0.2, 0.25) is 0 Å². The molecule has 0 unspecified atom stereocenters. The third-order valence-electron chi connectivity index (χ3n) is 1.79. The lowest BCUT2D eigenvalue weighted by molar-refractivity contribution is 0.156. The first-order valence-electron chi connectivity index (χ1n) is 4.27. The van der Waals surface area contributed by atoms with Crippen molar-refractivity contribution in [3.8, 4) is 0 Å². The van der Waals surface area contributed by atoms with Crippen molar-refractivity contribution in [3.63, 3.8) is 0 Å². The van der Waals surface area contributed by atoms with Gasteiger partial charge in [-0.2, -0.15) is 0 Å². The standard InChI is InChI=1S/C9H13F2N3/c1-12-8-4-3-5-9(13-8)14(2)6-7(10)11/h3-5,7H,6H2,1-2H3,(H,12,13). The fourth-order valence-corrected chi connectivity index (χ4v) is 1.08. The Morgan fingerprint density at radius 3 is 2.79 bits per heavy atom. The van der Waals surface area contributed by atoms with E-state index in [2.05, 4.69) is 10.3 Å². The Kier molecular flexibility index (Phi) is 3.62. The molecule has 0 spiro atoms. The second kappa shape index (κ2) is 4.74. The molecule has 14 heavy (non-hydrogen) atoms. The van der Waals surface area contributed by atoms with Crippen molar-refractivity contribution < 1.29 is 8.78 Å². The van der Waals surface area contributed by atoms with Crippen molar-refractivity contribution in [3.05, 3.63) is 18.2 Å². The maximum absolute atomic E-state index is 12.1. The normalized spacial score (nSPS) is 10.4. The number of alkyl halides is 2. The van der Waals surface area contributed by atoms with Crippen molar-refractivity contribution in [1.82, 2.24) is 4.98 Å². The third kappa shape index (κ3) is 2.83. The first-order valence-corrected chi connectivity index (χ1v) is 4.27. The molecule has 0 aliphatic rings. The van der Waals surface area contributed by atoms with Gasteiger partial charge in [-0.25, -0.2) is 13.8 Å². The predicted molar refractivity (Wildman–Crippen MR) is 53.1 cm³/mol. The Hall–Kier alpha value is -1.39. The Bertz CT molecular complexity index is 291. The summed E-state index contributed by atoms with van der Waals surface area (Å²) in [5.41, 5.74) is 0. The molecular formula is C9H13F2N3. The minimum absolute atomic E-state index is 0.305. The lowest BCUT2D eigenvalue weighted by Crippen LogP contribution is -2.24. The topological polar surface area (TPSA) is 28.2 Å². The molecule has 1 rings (SSSR count). The molecule has 0 radical (unpaired) electrons. The lowest BCUT2D eigenvalue weighted by Gasteiger charge is -2.17. The number of halogens is 2. The minimum Gasteiger partial charge on any atom is -0.373 e. The summed E-state index contributed by atoms with van der Waals surface area (Å²) in [7, 11) is 3.33. The van der Waals surface area contributed by atoms with Gasteiger partial charge >= 0.3 is 0 Å². The van der Waals surface area contributed by atoms with Gasteiger partial charge in [0.15, 0.2) is 0 Å². The highest BCUT2D eigenvalue weighted by Gasteiger charge is 2.09. The van der Waals surface area contributed by atoms with Crippen molar-refractivity contribution >= 4 is 11.6 Å². The summed E-state index contributed by atoms with van der Waals surface area (Å²) in [5, 5.41) is 2.85. The number of aromatic nitrogens is 1. The lowest BCUT2D eigenvalue weighted by atomic mass is 10.4. The van der Waals surface area contributed by atoms with Gasteiger partial charge in [-0.3, -0.25) is 0 Å². The van der Waals surface area contributed by atoms with Crippen LogP contribution < -0.4 is 10.2 Å². The number of anilines is 2. The highest BCUT2D eigenvalue weighted by Crippen LogP contribution is 2.13. The monoisotopic (exact) mass is 201 g/mol. The Labute approximate surface area is 81.8 Å². The van der Waals surface area contributed by atoms with E-state index in [9.17, 15) is 8.78 Å². The van der Waals surface area contributed by atoms with Gasteiger partial charge in [0, 0.05) is 14.1 Å². The molecule has 5 heteroatoms. The second-order valence-corrected chi connectivity index (χ2v) is 2.90. The minimum atomic E-state index is -2.35. The molecule has 0 saturated carbocycles. The van der Waals surface area contributed by atoms with Crippen LogP contribution >= 0.6 is 0 Å². The van der Waals surface area contributed by atoms with Crippen molar-refractivity contribution in [2.75, 3.05) is 30.9 Å². The highest BCUT2D eigenvalue weighted by molar-refractivity contribution is 5.46. The Morgan fingerprint density at radius 1 is 1.50 bits per heavy atom. The quantitative estimate of drug-likeness (QED) is 0.805. The average Bonchev–Trinajstić information content (AvgIpc) is 2.17. The van der Waals surface area contributed by atoms with E-state index in [1.165, 1.54) is 4.90 Å². The molecule has 1 heterocycles. The molecule has 0 aromatic carbocycles. The van der Waals surface area contributed by atoms with Gasteiger partial charge in [0.25, 0.3) is 6.43 Å². The van der Waals surface area contributed by atoms with E-state index >= 15 is 0 Å². The van der Waals surface area contributed by atoms with Gasteiger partial charge < -0.3 is 10.2 Å². The number of rotatable bonds is 4. The highest BCUT2D eigenvalue weighted by atomic mass is 19.3. The molecule has 1 aromatic heterocycles. The fourth-order valence-electron chi connectivity index (χ4n) is 1.08. The molecule has 1 aromatic rings. The predicted octanol–water partition coefficient (Wildman–Crippen LogP) is 1.82. The summed E-state index contributed by atoms with van der Waals surface area (Å²) in [5.74, 6) is 1.21. The van der Waals surface area contributed by atoms with Gasteiger partial charge in [-0.1, -0.05) is 6.07 Å². The summed E-state index contributed by atoms with van der Waals surface area (Å²) < 4.78 is 24.1. The number of nitrogens with zero attached hydrogens (tertiary/aromatic N) is 2. The van der Waals surface area contributed by atoms with Crippen molar-refractivity contribution in [2.45, 2.75) is 6.43 Å². The van der Waals surface area contributed by atoms with Crippen LogP contribution in [-0.2, 0) is 0 Å². The van der Waals surface area contributed by atoms with Crippen LogP contribution in [0.3, 0.4) is 0 Å². The fraction of sp³-hybridized carbons (Fsp3) is 0.444. The number of pyridine rings is 1. The zero-order valence-electron chi connectivity index (χ0n) is 8.17. The number of nitrogens with one attached hydrogen (secondary N) is 1. The summed E-state index contributed by atoms with van der Waals surface area (Å²) >= 11 is 0. The molecule has 0 aliphatic heterocycles. The summed E-state index contributed by atoms with van der Waals surface area (Å²) in [4.78, 5) is 5.55. The largest absolute Gasteiger partial charge is 0.373 e. The van der Waals surface area contributed by atoms with E-state index in [1.807, 2.05) is 0 Å². The maximum Gasteiger partial charge on any atom is 0.255 e. The Morgan fingerprint density at radius 2 is 2.21 bits per heavy atom. The molecule has 0 amide bonds. The van der Waals surface area contributed by atoms with Crippen LogP contribution in [0, 0.1) is 0 Å². The molecule has 3 nitrogen and oxygen atoms in total. The van der Waals surface area contributed by atoms with Gasteiger partial charge in [-0.05, 0) is 12.1 Å². The average molecular weight is 201 g/mol. The van der Waals surface area contributed by atoms with Gasteiger partial charge in [0.05, 0.1) is 6.54 Å². The first-order chi connectivity index (χ1) is 6.63. The van der Waals surface area contributed by atoms with Crippen LogP contribution in [-0.4, -0.2) is 32.0 Å². The molecule has 0 saturated heterocycles. The SMILES string of the molecule is CNc1cccc(N(C)CC(F)F)n1. The summed E-state index contributed by atoms with van der Waals surface area (Å²) in [6.45, 7) is -0.305. The zero-order valence-corrected chi connectivity index (χ0v) is 8.17. The van der Waals surface area contributed by atoms with Crippen LogP contribution in [0.2, 0.25) is 0 Å². The molecule has 0 fully saturated rings. The number of hydrogen-bond acceptors (Lipinski definition) is 3. The summed E-state index contributed by atoms with van der Waals surface area (Å²) in [6.07, 6.45) is -2.35. The summed E-state index contributed by atoms with van der Waals surface area (Å²) in [6, 6.07) is 5.25. The molecule has 0 aliphatic carbocycles. The van der Waals surface area contributed by atoms with E-state index in [0.717, 1.165) is 0 Å². The van der Waals surface area contributed by atoms with Crippen molar-refractivity contribution in [2.24, 2.45) is 0 Å². The smallest absolute Gasteiger partial charge is 0.255 e. The second-order valence-electron chi connectivity index (χ2n) is 2.90. The molecular weight excluding hydrogens is 188 g/mol. The zero-order chi connectivity index (χ0) is 10.6. The van der Waals surface area contributed by atoms with E-state index in [1.54, 1.807) is 32.3 Å². The number of hydrogen-bond donors (Lipinski definition) is 1. The van der Waals surface area contributed by atoms with Crippen LogP contribution in [0.25, 0.3) is 0 Å². The molecule has 0 atom stereocenters. The molecule has 1 N–H and O–H groups in total. The Balaban J connectivity index is 2.73. The van der Waals surface area contributed by atoms with Crippen LogP contribution in [0.5, 0.6) is 0 Å². The molecule has 0 bridgehead atoms. The van der Waals surface area contributed by atoms with Gasteiger partial charge in [0.1, 0.15) is 11.6 Å². The van der Waals surface area contributed by atoms with Crippen LogP contribution in [0.15, 0.2) is 18.2 Å². The van der Waals surface area contributed by atoms with Gasteiger partial charge in [-0.15, -0.1) is 0 Å². The van der Waals surface area contributed by atoms with Crippen LogP contribution in [0.4, 0.5) is 20.4 Å². The van der Waals surface area contributed by atoms with Crippen LogP contribution in [0.1, 0.15) is 0 Å². The van der Waals surface area contributed by atoms with E-state index in [4.69, 9.17) is 0 Å². The van der Waals surface area contributed by atoms with E-state index < -0.39 is 6.43 Å². The maximum atomic E-state index is 12.1. The van der Waals surface area contributed by atoms with Crippen molar-refractivity contribution in [1.29, 1.82) is 0 Å².